The number of ether oxygens (including phenoxy) is 2. The maximum Gasteiger partial charge on any atom is 0.350 e. The van der Waals surface area contributed by atoms with Crippen LogP contribution in [0.3, 0.4) is 0 Å². The zero-order chi connectivity index (χ0) is 18.2. The van der Waals surface area contributed by atoms with Crippen molar-refractivity contribution in [3.05, 3.63) is 22.2 Å². The van der Waals surface area contributed by atoms with Gasteiger partial charge in [-0.15, -0.1) is 22.9 Å². The van der Waals surface area contributed by atoms with Crippen molar-refractivity contribution in [2.45, 2.75) is 39.4 Å². The molecule has 6 nitrogen and oxygen atoms in total. The van der Waals surface area contributed by atoms with Crippen LogP contribution in [0.15, 0.2) is 6.07 Å². The van der Waals surface area contributed by atoms with Gasteiger partial charge in [-0.1, -0.05) is 0 Å². The summed E-state index contributed by atoms with van der Waals surface area (Å²) in [5, 5.41) is 3.41. The largest absolute Gasteiger partial charge is 0.462 e. The number of pyridine rings is 1. The average Bonchev–Trinajstić information content (AvgIpc) is 2.90. The van der Waals surface area contributed by atoms with E-state index in [0.717, 1.165) is 11.3 Å². The number of carbonyl (C=O) groups is 2. The maximum absolute atomic E-state index is 12.3. The number of rotatable bonds is 4. The third-order valence-corrected chi connectivity index (χ3v) is 5.23. The molecule has 2 aromatic rings. The second-order valence-corrected chi connectivity index (χ2v) is 7.65. The van der Waals surface area contributed by atoms with Gasteiger partial charge in [-0.2, -0.15) is 0 Å². The minimum Gasteiger partial charge on any atom is -0.462 e. The fourth-order valence-corrected chi connectivity index (χ4v) is 3.84. The van der Waals surface area contributed by atoms with Crippen LogP contribution in [0.25, 0.3) is 10.2 Å². The molecular weight excluding hydrogens is 364 g/mol. The molecule has 134 valence electrons. The molecule has 3 rings (SSSR count). The van der Waals surface area contributed by atoms with Crippen molar-refractivity contribution in [3.63, 3.8) is 0 Å². The molecule has 0 fully saturated rings. The lowest BCUT2D eigenvalue weighted by molar-refractivity contribution is -0.113. The van der Waals surface area contributed by atoms with Gasteiger partial charge in [0, 0.05) is 17.4 Å². The molecule has 0 bridgehead atoms. The number of nitrogens with zero attached hydrogens (tertiary/aromatic N) is 1. The van der Waals surface area contributed by atoms with Crippen LogP contribution >= 0.6 is 22.9 Å². The van der Waals surface area contributed by atoms with Gasteiger partial charge >= 0.3 is 5.97 Å². The van der Waals surface area contributed by atoms with Crippen molar-refractivity contribution in [1.29, 1.82) is 0 Å². The zero-order valence-corrected chi connectivity index (χ0v) is 15.8. The molecule has 0 radical (unpaired) electrons. The van der Waals surface area contributed by atoms with E-state index in [4.69, 9.17) is 26.1 Å². The molecule has 0 atom stereocenters. The minimum absolute atomic E-state index is 0.199. The molecule has 1 N–H and O–H groups in total. The second-order valence-electron chi connectivity index (χ2n) is 6.38. The van der Waals surface area contributed by atoms with E-state index in [9.17, 15) is 9.59 Å². The van der Waals surface area contributed by atoms with Crippen LogP contribution in [-0.4, -0.2) is 34.9 Å². The number of anilines is 1. The molecule has 1 aliphatic rings. The highest BCUT2D eigenvalue weighted by atomic mass is 35.5. The van der Waals surface area contributed by atoms with Crippen molar-refractivity contribution in [1.82, 2.24) is 4.98 Å². The number of esters is 1. The molecule has 0 spiro atoms. The van der Waals surface area contributed by atoms with Gasteiger partial charge in [-0.25, -0.2) is 9.78 Å². The van der Waals surface area contributed by atoms with E-state index in [1.54, 1.807) is 6.92 Å². The molecule has 3 heterocycles. The fraction of sp³-hybridized carbons (Fsp3) is 0.471. The quantitative estimate of drug-likeness (QED) is 0.646. The van der Waals surface area contributed by atoms with Crippen LogP contribution < -0.4 is 5.32 Å². The van der Waals surface area contributed by atoms with E-state index in [-0.39, 0.29) is 24.0 Å². The first kappa shape index (κ1) is 18.1. The molecule has 0 aliphatic carbocycles. The number of nitrogens with one attached hydrogen (secondary N) is 1. The lowest BCUT2D eigenvalue weighted by atomic mass is 9.95. The van der Waals surface area contributed by atoms with Gasteiger partial charge in [0.2, 0.25) is 5.91 Å². The molecular formula is C17H19ClN2O4S. The highest BCUT2D eigenvalue weighted by Gasteiger charge is 2.29. The molecule has 8 heteroatoms. The van der Waals surface area contributed by atoms with Crippen LogP contribution in [0.1, 0.15) is 41.7 Å². The Labute approximate surface area is 154 Å². The molecule has 1 aliphatic heterocycles. The predicted octanol–water partition coefficient (Wildman–Crippen LogP) is 3.50. The molecule has 25 heavy (non-hydrogen) atoms. The Morgan fingerprint density at radius 2 is 2.24 bits per heavy atom. The number of hydrogen-bond acceptors (Lipinski definition) is 6. The number of aromatic nitrogens is 1. The molecule has 0 saturated heterocycles. The van der Waals surface area contributed by atoms with Crippen LogP contribution in [0.5, 0.6) is 0 Å². The molecule has 0 saturated carbocycles. The summed E-state index contributed by atoms with van der Waals surface area (Å²) < 4.78 is 10.9. The first-order chi connectivity index (χ1) is 11.8. The van der Waals surface area contributed by atoms with Crippen molar-refractivity contribution in [2.75, 3.05) is 17.8 Å². The SMILES string of the molecule is CCOC(=O)c1sc2nc3c(cc2c1NC(=O)CCl)COC(C)(C)C3. The zero-order valence-electron chi connectivity index (χ0n) is 14.3. The smallest absolute Gasteiger partial charge is 0.350 e. The summed E-state index contributed by atoms with van der Waals surface area (Å²) in [5.74, 6) is -1.07. The lowest BCUT2D eigenvalue weighted by Crippen LogP contribution is -2.32. The number of alkyl halides is 1. The first-order valence-corrected chi connectivity index (χ1v) is 9.32. The fourth-order valence-electron chi connectivity index (χ4n) is 2.74. The minimum atomic E-state index is -0.482. The Bertz CT molecular complexity index is 847. The van der Waals surface area contributed by atoms with Gasteiger partial charge < -0.3 is 14.8 Å². The lowest BCUT2D eigenvalue weighted by Gasteiger charge is -2.31. The maximum atomic E-state index is 12.3. The van der Waals surface area contributed by atoms with Gasteiger partial charge in [0.1, 0.15) is 15.6 Å². The molecule has 2 aromatic heterocycles. The van der Waals surface area contributed by atoms with Crippen LogP contribution in [0.2, 0.25) is 0 Å². The Balaban J connectivity index is 2.13. The predicted molar refractivity (Wildman–Crippen MR) is 97.5 cm³/mol. The summed E-state index contributed by atoms with van der Waals surface area (Å²) in [4.78, 5) is 29.8. The molecule has 0 unspecified atom stereocenters. The van der Waals surface area contributed by atoms with Crippen molar-refractivity contribution < 1.29 is 19.1 Å². The summed E-state index contributed by atoms with van der Waals surface area (Å²) in [7, 11) is 0. The van der Waals surface area contributed by atoms with Gasteiger partial charge in [0.05, 0.1) is 30.2 Å². The number of amides is 1. The number of thiophene rings is 1. The Morgan fingerprint density at radius 3 is 2.92 bits per heavy atom. The van der Waals surface area contributed by atoms with Crippen LogP contribution in [0, 0.1) is 0 Å². The summed E-state index contributed by atoms with van der Waals surface area (Å²) in [5.41, 5.74) is 2.05. The normalized spacial score (nSPS) is 15.7. The Kier molecular flexibility index (Phi) is 4.99. The summed E-state index contributed by atoms with van der Waals surface area (Å²) in [6.07, 6.45) is 0.689. The highest BCUT2D eigenvalue weighted by molar-refractivity contribution is 7.21. The van der Waals surface area contributed by atoms with E-state index >= 15 is 0 Å². The highest BCUT2D eigenvalue weighted by Crippen LogP contribution is 2.38. The van der Waals surface area contributed by atoms with E-state index < -0.39 is 5.97 Å². The van der Waals surface area contributed by atoms with Gasteiger partial charge in [0.25, 0.3) is 0 Å². The Morgan fingerprint density at radius 1 is 1.48 bits per heavy atom. The van der Waals surface area contributed by atoms with Crippen LogP contribution in [0.4, 0.5) is 5.69 Å². The number of hydrogen-bond donors (Lipinski definition) is 1. The van der Waals surface area contributed by atoms with Crippen molar-refractivity contribution >= 4 is 50.7 Å². The second kappa shape index (κ2) is 6.90. The van der Waals surface area contributed by atoms with E-state index in [1.807, 2.05) is 19.9 Å². The summed E-state index contributed by atoms with van der Waals surface area (Å²) in [6, 6.07) is 1.93. The van der Waals surface area contributed by atoms with Crippen molar-refractivity contribution in [3.8, 4) is 0 Å². The van der Waals surface area contributed by atoms with E-state index in [0.29, 0.717) is 33.8 Å². The number of fused-ring (bicyclic) bond motifs is 2. The van der Waals surface area contributed by atoms with E-state index in [1.165, 1.54) is 11.3 Å². The van der Waals surface area contributed by atoms with Gasteiger partial charge in [-0.3, -0.25) is 4.79 Å². The number of carbonyl (C=O) groups excluding carboxylic acids is 2. The van der Waals surface area contributed by atoms with Crippen LogP contribution in [-0.2, 0) is 27.3 Å². The summed E-state index contributed by atoms with van der Waals surface area (Å²) in [6.45, 7) is 6.47. The van der Waals surface area contributed by atoms with Gasteiger partial charge in [-0.05, 0) is 26.8 Å². The van der Waals surface area contributed by atoms with Crippen molar-refractivity contribution in [2.24, 2.45) is 0 Å². The third-order valence-electron chi connectivity index (χ3n) is 3.91. The Hall–Kier alpha value is -1.70. The molecule has 0 aromatic carbocycles. The summed E-state index contributed by atoms with van der Waals surface area (Å²) >= 11 is 6.81. The van der Waals surface area contributed by atoms with Gasteiger partial charge in [0.15, 0.2) is 0 Å². The first-order valence-electron chi connectivity index (χ1n) is 7.97. The standard InChI is InChI=1S/C17H19ClN2O4S/c1-4-23-16(22)14-13(20-12(21)7-18)10-5-9-8-24-17(2,3)6-11(9)19-15(10)25-14/h5H,4,6-8H2,1-3H3,(H,20,21). The monoisotopic (exact) mass is 382 g/mol. The number of halogens is 1. The topological polar surface area (TPSA) is 77.5 Å². The van der Waals surface area contributed by atoms with E-state index in [2.05, 4.69) is 5.32 Å². The molecule has 1 amide bonds. The third kappa shape index (κ3) is 3.63. The average molecular weight is 383 g/mol.